The van der Waals surface area contributed by atoms with E-state index in [0.717, 1.165) is 6.42 Å². The van der Waals surface area contributed by atoms with Crippen molar-refractivity contribution < 1.29 is 9.53 Å². The molecular weight excluding hydrogens is 202 g/mol. The van der Waals surface area contributed by atoms with E-state index in [9.17, 15) is 4.79 Å². The molecule has 0 spiro atoms. The summed E-state index contributed by atoms with van der Waals surface area (Å²) >= 11 is 0. The Labute approximate surface area is 96.2 Å². The fourth-order valence-corrected chi connectivity index (χ4v) is 2.59. The maximum absolute atomic E-state index is 11.4. The Morgan fingerprint density at radius 2 is 2.38 bits per heavy atom. The summed E-state index contributed by atoms with van der Waals surface area (Å²) in [5, 5.41) is 0. The Balaban J connectivity index is 2.19. The van der Waals surface area contributed by atoms with Gasteiger partial charge in [-0.2, -0.15) is 0 Å². The molecule has 3 heteroatoms. The van der Waals surface area contributed by atoms with Crippen LogP contribution in [0.15, 0.2) is 6.07 Å². The second-order valence-electron chi connectivity index (χ2n) is 4.97. The average molecular weight is 221 g/mol. The highest BCUT2D eigenvalue weighted by Gasteiger charge is 2.26. The molecule has 0 radical (unpaired) electrons. The van der Waals surface area contributed by atoms with Crippen LogP contribution in [0.4, 0.5) is 0 Å². The van der Waals surface area contributed by atoms with E-state index in [1.54, 1.807) is 0 Å². The molecule has 0 saturated carbocycles. The quantitative estimate of drug-likeness (QED) is 0.797. The second kappa shape index (κ2) is 4.32. The van der Waals surface area contributed by atoms with Crippen molar-refractivity contribution in [2.75, 3.05) is 7.11 Å². The van der Waals surface area contributed by atoms with Crippen molar-refractivity contribution in [1.29, 1.82) is 0 Å². The van der Waals surface area contributed by atoms with Crippen molar-refractivity contribution in [1.82, 2.24) is 4.98 Å². The van der Waals surface area contributed by atoms with Crippen molar-refractivity contribution in [2.24, 2.45) is 5.92 Å². The molecule has 88 valence electrons. The van der Waals surface area contributed by atoms with E-state index >= 15 is 0 Å². The number of H-pyrrole nitrogens is 1. The van der Waals surface area contributed by atoms with Gasteiger partial charge in [0, 0.05) is 5.69 Å². The Morgan fingerprint density at radius 1 is 1.62 bits per heavy atom. The van der Waals surface area contributed by atoms with Crippen LogP contribution in [0.5, 0.6) is 0 Å². The number of rotatable bonds is 3. The van der Waals surface area contributed by atoms with Crippen molar-refractivity contribution in [3.63, 3.8) is 0 Å². The van der Waals surface area contributed by atoms with Crippen molar-refractivity contribution in [3.8, 4) is 0 Å². The van der Waals surface area contributed by atoms with Crippen LogP contribution in [-0.4, -0.2) is 18.1 Å². The number of carbonyl (C=O) groups excluding carboxylic acids is 1. The number of nitrogens with one attached hydrogen (secondary N) is 1. The zero-order valence-electron chi connectivity index (χ0n) is 10.2. The summed E-state index contributed by atoms with van der Waals surface area (Å²) in [6.45, 7) is 4.48. The van der Waals surface area contributed by atoms with Crippen LogP contribution < -0.4 is 0 Å². The molecule has 2 rings (SSSR count). The van der Waals surface area contributed by atoms with Crippen LogP contribution in [0.2, 0.25) is 0 Å². The fraction of sp³-hybridized carbons (Fsp3) is 0.615. The van der Waals surface area contributed by atoms with Gasteiger partial charge in [-0.05, 0) is 42.7 Å². The zero-order chi connectivity index (χ0) is 11.7. The molecule has 3 nitrogen and oxygen atoms in total. The molecule has 1 aliphatic rings. The molecule has 0 amide bonds. The van der Waals surface area contributed by atoms with Crippen LogP contribution in [0, 0.1) is 5.92 Å². The van der Waals surface area contributed by atoms with E-state index in [1.807, 2.05) is 6.07 Å². The number of fused-ring (bicyclic) bond motifs is 1. The van der Waals surface area contributed by atoms with E-state index in [2.05, 4.69) is 18.8 Å². The van der Waals surface area contributed by atoms with Gasteiger partial charge in [0.2, 0.25) is 0 Å². The molecule has 0 aromatic carbocycles. The Hall–Kier alpha value is -1.25. The largest absolute Gasteiger partial charge is 0.464 e. The minimum atomic E-state index is -0.266. The number of aromatic amines is 1. The maximum atomic E-state index is 11.4. The molecule has 0 bridgehead atoms. The van der Waals surface area contributed by atoms with Gasteiger partial charge < -0.3 is 9.72 Å². The first kappa shape index (κ1) is 11.2. The van der Waals surface area contributed by atoms with Crippen molar-refractivity contribution >= 4 is 5.97 Å². The monoisotopic (exact) mass is 221 g/mol. The molecule has 0 saturated heterocycles. The zero-order valence-corrected chi connectivity index (χ0v) is 10.2. The lowest BCUT2D eigenvalue weighted by Crippen LogP contribution is -2.02. The molecule has 1 heterocycles. The Bertz CT molecular complexity index is 393. The highest BCUT2D eigenvalue weighted by molar-refractivity contribution is 5.87. The third-order valence-electron chi connectivity index (χ3n) is 3.28. The maximum Gasteiger partial charge on any atom is 0.354 e. The van der Waals surface area contributed by atoms with E-state index in [-0.39, 0.29) is 5.97 Å². The lowest BCUT2D eigenvalue weighted by Gasteiger charge is -2.12. The summed E-state index contributed by atoms with van der Waals surface area (Å²) in [5.41, 5.74) is 3.15. The predicted octanol–water partition coefficient (Wildman–Crippen LogP) is 2.88. The molecule has 0 unspecified atom stereocenters. The number of hydrogen-bond donors (Lipinski definition) is 1. The molecule has 1 aromatic heterocycles. The standard InChI is InChI=1S/C13H19NO2/c1-8(2)6-9-4-5-11-10(9)7-12(14-11)13(15)16-3/h7-9,14H,4-6H2,1-3H3/t9-/m0/s1. The van der Waals surface area contributed by atoms with Gasteiger partial charge in [0.15, 0.2) is 0 Å². The summed E-state index contributed by atoms with van der Waals surface area (Å²) in [5.74, 6) is 1.05. The molecule has 1 N–H and O–H groups in total. The van der Waals surface area contributed by atoms with Gasteiger partial charge in [-0.15, -0.1) is 0 Å². The average Bonchev–Trinajstić information content (AvgIpc) is 2.78. The summed E-state index contributed by atoms with van der Waals surface area (Å²) in [4.78, 5) is 14.6. The van der Waals surface area contributed by atoms with Crippen LogP contribution >= 0.6 is 0 Å². The molecule has 1 atom stereocenters. The Morgan fingerprint density at radius 3 is 3.00 bits per heavy atom. The van der Waals surface area contributed by atoms with Gasteiger partial charge in [0.1, 0.15) is 5.69 Å². The SMILES string of the molecule is COC(=O)c1cc2c([nH]1)CC[C@H]2CC(C)C. The van der Waals surface area contributed by atoms with Crippen molar-refractivity contribution in [2.45, 2.75) is 39.0 Å². The molecule has 0 aliphatic heterocycles. The molecule has 1 aromatic rings. The first-order chi connectivity index (χ1) is 7.61. The third-order valence-corrected chi connectivity index (χ3v) is 3.28. The summed E-state index contributed by atoms with van der Waals surface area (Å²) in [7, 11) is 1.42. The van der Waals surface area contributed by atoms with Gasteiger partial charge >= 0.3 is 5.97 Å². The normalized spacial score (nSPS) is 18.9. The molecular formula is C13H19NO2. The van der Waals surface area contributed by atoms with E-state index < -0.39 is 0 Å². The van der Waals surface area contributed by atoms with Gasteiger partial charge in [-0.3, -0.25) is 0 Å². The predicted molar refractivity (Wildman–Crippen MR) is 62.6 cm³/mol. The summed E-state index contributed by atoms with van der Waals surface area (Å²) in [6, 6.07) is 1.97. The topological polar surface area (TPSA) is 42.1 Å². The summed E-state index contributed by atoms with van der Waals surface area (Å²) < 4.78 is 4.72. The number of carbonyl (C=O) groups is 1. The molecule has 0 fully saturated rings. The number of aryl methyl sites for hydroxylation is 1. The minimum Gasteiger partial charge on any atom is -0.464 e. The lowest BCUT2D eigenvalue weighted by molar-refractivity contribution is 0.0594. The van der Waals surface area contributed by atoms with Gasteiger partial charge in [-0.25, -0.2) is 4.79 Å². The first-order valence-electron chi connectivity index (χ1n) is 5.92. The van der Waals surface area contributed by atoms with E-state index in [0.29, 0.717) is 17.5 Å². The smallest absolute Gasteiger partial charge is 0.354 e. The third kappa shape index (κ3) is 1.99. The number of methoxy groups -OCH3 is 1. The minimum absolute atomic E-state index is 0.266. The second-order valence-corrected chi connectivity index (χ2v) is 4.97. The van der Waals surface area contributed by atoms with Gasteiger partial charge in [0.05, 0.1) is 7.11 Å². The van der Waals surface area contributed by atoms with Gasteiger partial charge in [0.25, 0.3) is 0 Å². The number of aromatic nitrogens is 1. The first-order valence-corrected chi connectivity index (χ1v) is 5.92. The Kier molecular flexibility index (Phi) is 3.03. The molecule has 16 heavy (non-hydrogen) atoms. The molecule has 1 aliphatic carbocycles. The highest BCUT2D eigenvalue weighted by Crippen LogP contribution is 2.37. The summed E-state index contributed by atoms with van der Waals surface area (Å²) in [6.07, 6.45) is 3.47. The number of ether oxygens (including phenoxy) is 1. The number of hydrogen-bond acceptors (Lipinski definition) is 2. The number of esters is 1. The van der Waals surface area contributed by atoms with Gasteiger partial charge in [-0.1, -0.05) is 13.8 Å². The highest BCUT2D eigenvalue weighted by atomic mass is 16.5. The van der Waals surface area contributed by atoms with Crippen LogP contribution in [-0.2, 0) is 11.2 Å². The van der Waals surface area contributed by atoms with Crippen LogP contribution in [0.25, 0.3) is 0 Å². The van der Waals surface area contributed by atoms with Crippen LogP contribution in [0.3, 0.4) is 0 Å². The van der Waals surface area contributed by atoms with E-state index in [1.165, 1.54) is 31.2 Å². The van der Waals surface area contributed by atoms with E-state index in [4.69, 9.17) is 4.74 Å². The fourth-order valence-electron chi connectivity index (χ4n) is 2.59. The van der Waals surface area contributed by atoms with Crippen molar-refractivity contribution in [3.05, 3.63) is 23.0 Å². The van der Waals surface area contributed by atoms with Crippen LogP contribution in [0.1, 0.15) is 54.4 Å². The lowest BCUT2D eigenvalue weighted by atomic mass is 9.93.